The highest BCUT2D eigenvalue weighted by Gasteiger charge is 2.27. The molecule has 2 nitrogen and oxygen atoms in total. The molecule has 1 N–H and O–H groups in total. The van der Waals surface area contributed by atoms with Crippen LogP contribution in [0.25, 0.3) is 0 Å². The molecule has 1 aromatic carbocycles. The van der Waals surface area contributed by atoms with E-state index in [0.717, 1.165) is 12.0 Å². The summed E-state index contributed by atoms with van der Waals surface area (Å²) < 4.78 is 53.9. The lowest BCUT2D eigenvalue weighted by atomic mass is 10.1. The van der Waals surface area contributed by atoms with Crippen LogP contribution in [0.2, 0.25) is 0 Å². The largest absolute Gasteiger partial charge is 0.411 e. The predicted molar refractivity (Wildman–Crippen MR) is 69.1 cm³/mol. The lowest BCUT2D eigenvalue weighted by molar-refractivity contribution is -0.175. The van der Waals surface area contributed by atoms with Crippen LogP contribution in [0.4, 0.5) is 17.6 Å². The summed E-state index contributed by atoms with van der Waals surface area (Å²) in [7, 11) is 0. The van der Waals surface area contributed by atoms with Gasteiger partial charge in [0, 0.05) is 6.04 Å². The number of rotatable bonds is 8. The fourth-order valence-corrected chi connectivity index (χ4v) is 1.80. The highest BCUT2D eigenvalue weighted by molar-refractivity contribution is 5.17. The Morgan fingerprint density at radius 3 is 2.65 bits per heavy atom. The Labute approximate surface area is 116 Å². The van der Waals surface area contributed by atoms with E-state index in [-0.39, 0.29) is 18.5 Å². The Balaban J connectivity index is 2.50. The number of hydrogen-bond donors (Lipinski definition) is 1. The Bertz CT molecular complexity index is 395. The topological polar surface area (TPSA) is 21.3 Å². The maximum absolute atomic E-state index is 13.1. The normalized spacial score (nSPS) is 13.4. The van der Waals surface area contributed by atoms with Gasteiger partial charge in [-0.1, -0.05) is 19.1 Å². The van der Waals surface area contributed by atoms with Crippen LogP contribution in [0, 0.1) is 5.82 Å². The first kappa shape index (κ1) is 16.9. The molecule has 0 aromatic heterocycles. The molecule has 114 valence electrons. The third kappa shape index (κ3) is 7.45. The van der Waals surface area contributed by atoms with Crippen molar-refractivity contribution in [2.45, 2.75) is 32.0 Å². The van der Waals surface area contributed by atoms with E-state index in [0.29, 0.717) is 13.0 Å². The molecule has 0 heterocycles. The molecule has 0 aliphatic heterocycles. The molecule has 6 heteroatoms. The quantitative estimate of drug-likeness (QED) is 0.742. The average molecular weight is 293 g/mol. The molecule has 0 saturated heterocycles. The van der Waals surface area contributed by atoms with Crippen LogP contribution in [-0.4, -0.2) is 32.0 Å². The Morgan fingerprint density at radius 1 is 1.30 bits per heavy atom. The number of ether oxygens (including phenoxy) is 1. The molecule has 0 amide bonds. The monoisotopic (exact) mass is 293 g/mol. The molecule has 0 aliphatic rings. The van der Waals surface area contributed by atoms with Crippen molar-refractivity contribution < 1.29 is 22.3 Å². The maximum Gasteiger partial charge on any atom is 0.411 e. The second-order valence-corrected chi connectivity index (χ2v) is 4.62. The zero-order valence-electron chi connectivity index (χ0n) is 11.3. The minimum absolute atomic E-state index is 0.0595. The molecule has 0 saturated carbocycles. The molecule has 0 bridgehead atoms. The summed E-state index contributed by atoms with van der Waals surface area (Å²) in [5, 5.41) is 3.11. The van der Waals surface area contributed by atoms with Crippen molar-refractivity contribution in [2.24, 2.45) is 0 Å². The summed E-state index contributed by atoms with van der Waals surface area (Å²) in [6.07, 6.45) is -3.04. The van der Waals surface area contributed by atoms with E-state index in [1.54, 1.807) is 12.1 Å². The summed E-state index contributed by atoms with van der Waals surface area (Å²) >= 11 is 0. The molecule has 0 radical (unpaired) electrons. The fourth-order valence-electron chi connectivity index (χ4n) is 1.80. The van der Waals surface area contributed by atoms with Crippen molar-refractivity contribution in [3.63, 3.8) is 0 Å². The van der Waals surface area contributed by atoms with Crippen LogP contribution in [-0.2, 0) is 11.2 Å². The van der Waals surface area contributed by atoms with Gasteiger partial charge in [-0.25, -0.2) is 4.39 Å². The summed E-state index contributed by atoms with van der Waals surface area (Å²) in [4.78, 5) is 0. The van der Waals surface area contributed by atoms with Gasteiger partial charge in [-0.3, -0.25) is 0 Å². The molecule has 20 heavy (non-hydrogen) atoms. The number of alkyl halides is 3. The van der Waals surface area contributed by atoms with Gasteiger partial charge in [0.15, 0.2) is 0 Å². The van der Waals surface area contributed by atoms with Crippen LogP contribution >= 0.6 is 0 Å². The van der Waals surface area contributed by atoms with Gasteiger partial charge in [-0.15, -0.1) is 0 Å². The Morgan fingerprint density at radius 2 is 2.05 bits per heavy atom. The van der Waals surface area contributed by atoms with Gasteiger partial charge < -0.3 is 10.1 Å². The molecule has 1 unspecified atom stereocenters. The van der Waals surface area contributed by atoms with E-state index < -0.39 is 12.8 Å². The smallest absolute Gasteiger partial charge is 0.370 e. The van der Waals surface area contributed by atoms with Gasteiger partial charge >= 0.3 is 6.18 Å². The van der Waals surface area contributed by atoms with Crippen molar-refractivity contribution in [1.29, 1.82) is 0 Å². The standard InChI is InChI=1S/C14H19F4NO/c1-2-6-19-13(9-20-10-14(16,17)18)8-11-4-3-5-12(15)7-11/h3-5,7,13,19H,2,6,8-10H2,1H3. The Hall–Kier alpha value is -1.14. The first-order valence-electron chi connectivity index (χ1n) is 6.53. The zero-order valence-corrected chi connectivity index (χ0v) is 11.3. The molecule has 0 fully saturated rings. The van der Waals surface area contributed by atoms with E-state index in [2.05, 4.69) is 10.1 Å². The third-order valence-corrected chi connectivity index (χ3v) is 2.64. The average Bonchev–Trinajstić information content (AvgIpc) is 2.34. The van der Waals surface area contributed by atoms with Crippen LogP contribution < -0.4 is 5.32 Å². The minimum atomic E-state index is -4.33. The molecule has 1 rings (SSSR count). The summed E-state index contributed by atoms with van der Waals surface area (Å²) in [5.74, 6) is -0.354. The Kier molecular flexibility index (Phi) is 6.95. The van der Waals surface area contributed by atoms with Crippen LogP contribution in [0.3, 0.4) is 0 Å². The first-order valence-corrected chi connectivity index (χ1v) is 6.53. The number of halogens is 4. The lowest BCUT2D eigenvalue weighted by Gasteiger charge is -2.19. The molecular weight excluding hydrogens is 274 g/mol. The van der Waals surface area contributed by atoms with Gasteiger partial charge in [0.1, 0.15) is 12.4 Å². The summed E-state index contributed by atoms with van der Waals surface area (Å²) in [5.41, 5.74) is 0.731. The van der Waals surface area contributed by atoms with Gasteiger partial charge in [0.2, 0.25) is 0 Å². The van der Waals surface area contributed by atoms with Crippen LogP contribution in [0.15, 0.2) is 24.3 Å². The molecule has 1 atom stereocenters. The third-order valence-electron chi connectivity index (χ3n) is 2.64. The van der Waals surface area contributed by atoms with Crippen molar-refractivity contribution in [1.82, 2.24) is 5.32 Å². The van der Waals surface area contributed by atoms with Gasteiger partial charge in [0.25, 0.3) is 0 Å². The maximum atomic E-state index is 13.1. The zero-order chi connectivity index (χ0) is 15.0. The van der Waals surface area contributed by atoms with Crippen molar-refractivity contribution in [3.8, 4) is 0 Å². The van der Waals surface area contributed by atoms with Crippen molar-refractivity contribution in [3.05, 3.63) is 35.6 Å². The van der Waals surface area contributed by atoms with E-state index in [9.17, 15) is 17.6 Å². The van der Waals surface area contributed by atoms with E-state index >= 15 is 0 Å². The van der Waals surface area contributed by atoms with Crippen LogP contribution in [0.5, 0.6) is 0 Å². The van der Waals surface area contributed by atoms with Gasteiger partial charge in [-0.2, -0.15) is 13.2 Å². The number of benzene rings is 1. The van der Waals surface area contributed by atoms with E-state index in [1.165, 1.54) is 12.1 Å². The second-order valence-electron chi connectivity index (χ2n) is 4.62. The summed E-state index contributed by atoms with van der Waals surface area (Å²) in [6.45, 7) is 1.31. The number of nitrogens with one attached hydrogen (secondary N) is 1. The first-order chi connectivity index (χ1) is 9.40. The SMILES string of the molecule is CCCNC(COCC(F)(F)F)Cc1cccc(F)c1. The molecule has 0 aliphatic carbocycles. The van der Waals surface area contributed by atoms with E-state index in [4.69, 9.17) is 0 Å². The minimum Gasteiger partial charge on any atom is -0.370 e. The number of hydrogen-bond acceptors (Lipinski definition) is 2. The fraction of sp³-hybridized carbons (Fsp3) is 0.571. The molecule has 1 aromatic rings. The predicted octanol–water partition coefficient (Wildman–Crippen LogP) is 3.32. The van der Waals surface area contributed by atoms with Crippen LogP contribution in [0.1, 0.15) is 18.9 Å². The molecular formula is C14H19F4NO. The highest BCUT2D eigenvalue weighted by atomic mass is 19.4. The highest BCUT2D eigenvalue weighted by Crippen LogP contribution is 2.15. The van der Waals surface area contributed by atoms with Crippen molar-refractivity contribution in [2.75, 3.05) is 19.8 Å². The second kappa shape index (κ2) is 8.21. The van der Waals surface area contributed by atoms with Gasteiger partial charge in [0.05, 0.1) is 6.61 Å². The van der Waals surface area contributed by atoms with Gasteiger partial charge in [-0.05, 0) is 37.1 Å². The van der Waals surface area contributed by atoms with Crippen molar-refractivity contribution >= 4 is 0 Å². The molecule has 0 spiro atoms. The van der Waals surface area contributed by atoms with E-state index in [1.807, 2.05) is 6.92 Å². The summed E-state index contributed by atoms with van der Waals surface area (Å²) in [6, 6.07) is 5.77. The lowest BCUT2D eigenvalue weighted by Crippen LogP contribution is -2.37.